The van der Waals surface area contributed by atoms with Crippen LogP contribution in [0.5, 0.6) is 0 Å². The second-order valence-electron chi connectivity index (χ2n) is 2.24. The summed E-state index contributed by atoms with van der Waals surface area (Å²) in [5.74, 6) is 0. The van der Waals surface area contributed by atoms with E-state index in [0.717, 1.165) is 0 Å². The van der Waals surface area contributed by atoms with Gasteiger partial charge in [-0.2, -0.15) is 0 Å². The van der Waals surface area contributed by atoms with Gasteiger partial charge >= 0.3 is 6.09 Å². The Hall–Kier alpha value is -0.770. The van der Waals surface area contributed by atoms with Crippen LogP contribution in [0.4, 0.5) is 4.79 Å². The number of carboxylic acid groups (broad SMARTS) is 1. The van der Waals surface area contributed by atoms with Gasteiger partial charge in [0, 0.05) is 0 Å². The van der Waals surface area contributed by atoms with Gasteiger partial charge in [0.1, 0.15) is 0 Å². The third kappa shape index (κ3) is 0.853. The Kier molecular flexibility index (Phi) is 1.32. The van der Waals surface area contributed by atoms with E-state index in [1.54, 1.807) is 6.92 Å². The van der Waals surface area contributed by atoms with Crippen molar-refractivity contribution >= 4 is 6.09 Å². The molecule has 0 aromatic carbocycles. The molecule has 1 aliphatic rings. The van der Waals surface area contributed by atoms with Crippen LogP contribution < -0.4 is 0 Å². The van der Waals surface area contributed by atoms with Gasteiger partial charge in [-0.05, 0) is 6.92 Å². The molecule has 1 fully saturated rings. The van der Waals surface area contributed by atoms with Gasteiger partial charge in [-0.25, -0.2) is 4.79 Å². The number of rotatable bonds is 0. The molecule has 0 bridgehead atoms. The molecule has 1 saturated heterocycles. The fourth-order valence-electron chi connectivity index (χ4n) is 0.842. The molecule has 4 heteroatoms. The lowest BCUT2D eigenvalue weighted by atomic mass is 10.0. The smallest absolute Gasteiger partial charge is 0.407 e. The topological polar surface area (TPSA) is 60.8 Å². The zero-order chi connectivity index (χ0) is 7.02. The molecule has 0 aliphatic carbocycles. The molecule has 1 unspecified atom stereocenters. The van der Waals surface area contributed by atoms with Crippen LogP contribution in [0.25, 0.3) is 0 Å². The second kappa shape index (κ2) is 1.88. The van der Waals surface area contributed by atoms with Crippen molar-refractivity contribution < 1.29 is 15.0 Å². The molecule has 1 heterocycles. The standard InChI is InChI=1S/C5H9NO3/c1-3-4(7)2-6(3)5(8)9/h3-4,7H,2H2,1H3,(H,8,9)/t3-,4?/m0/s1. The zero-order valence-electron chi connectivity index (χ0n) is 5.11. The van der Waals surface area contributed by atoms with E-state index >= 15 is 0 Å². The predicted molar refractivity (Wildman–Crippen MR) is 30.2 cm³/mol. The molecule has 2 N–H and O–H groups in total. The Morgan fingerprint density at radius 2 is 2.33 bits per heavy atom. The van der Waals surface area contributed by atoms with Gasteiger partial charge in [0.2, 0.25) is 0 Å². The van der Waals surface area contributed by atoms with Crippen LogP contribution in [0.2, 0.25) is 0 Å². The molecule has 9 heavy (non-hydrogen) atoms. The van der Waals surface area contributed by atoms with Gasteiger partial charge in [0.05, 0.1) is 18.7 Å². The van der Waals surface area contributed by atoms with Gasteiger partial charge in [0.25, 0.3) is 0 Å². The summed E-state index contributed by atoms with van der Waals surface area (Å²) in [5.41, 5.74) is 0. The molecular weight excluding hydrogens is 122 g/mol. The SMILES string of the molecule is C[C@H]1C(O)CN1C(=O)O. The molecular formula is C5H9NO3. The highest BCUT2D eigenvalue weighted by atomic mass is 16.4. The Bertz CT molecular complexity index is 136. The Labute approximate surface area is 52.7 Å². The Morgan fingerprint density at radius 1 is 1.78 bits per heavy atom. The third-order valence-corrected chi connectivity index (χ3v) is 1.68. The van der Waals surface area contributed by atoms with Crippen LogP contribution in [0.1, 0.15) is 6.92 Å². The van der Waals surface area contributed by atoms with Gasteiger partial charge in [-0.1, -0.05) is 0 Å². The van der Waals surface area contributed by atoms with E-state index in [4.69, 9.17) is 10.2 Å². The molecule has 52 valence electrons. The molecule has 0 aromatic rings. The average molecular weight is 131 g/mol. The van der Waals surface area contributed by atoms with Crippen LogP contribution in [-0.4, -0.2) is 39.9 Å². The van der Waals surface area contributed by atoms with Crippen LogP contribution >= 0.6 is 0 Å². The summed E-state index contributed by atoms with van der Waals surface area (Å²) >= 11 is 0. The quantitative estimate of drug-likeness (QED) is 0.475. The van der Waals surface area contributed by atoms with Crippen molar-refractivity contribution in [2.75, 3.05) is 6.54 Å². The van der Waals surface area contributed by atoms with Crippen molar-refractivity contribution in [1.82, 2.24) is 4.90 Å². The third-order valence-electron chi connectivity index (χ3n) is 1.68. The number of hydrogen-bond acceptors (Lipinski definition) is 2. The summed E-state index contributed by atoms with van der Waals surface area (Å²) in [5, 5.41) is 17.2. The average Bonchev–Trinajstić information content (AvgIpc) is 1.81. The maximum atomic E-state index is 10.2. The maximum absolute atomic E-state index is 10.2. The van der Waals surface area contributed by atoms with Gasteiger partial charge in [-0.3, -0.25) is 0 Å². The van der Waals surface area contributed by atoms with Crippen molar-refractivity contribution in [3.05, 3.63) is 0 Å². The first kappa shape index (κ1) is 6.35. The van der Waals surface area contributed by atoms with E-state index in [1.165, 1.54) is 4.90 Å². The summed E-state index contributed by atoms with van der Waals surface area (Å²) in [6.45, 7) is 1.94. The maximum Gasteiger partial charge on any atom is 0.407 e. The fraction of sp³-hybridized carbons (Fsp3) is 0.800. The number of hydrogen-bond donors (Lipinski definition) is 2. The molecule has 0 aromatic heterocycles. The van der Waals surface area contributed by atoms with E-state index in [-0.39, 0.29) is 12.6 Å². The number of β-amino-alcohol motifs (C(OH)–C–C–N with tert-alkyl or cyclic N) is 1. The molecule has 1 amide bonds. The van der Waals surface area contributed by atoms with Crippen molar-refractivity contribution in [3.63, 3.8) is 0 Å². The molecule has 0 radical (unpaired) electrons. The van der Waals surface area contributed by atoms with E-state index < -0.39 is 12.2 Å². The largest absolute Gasteiger partial charge is 0.465 e. The first-order chi connectivity index (χ1) is 4.13. The molecule has 0 saturated carbocycles. The summed E-state index contributed by atoms with van der Waals surface area (Å²) in [4.78, 5) is 11.4. The Balaban J connectivity index is 2.42. The van der Waals surface area contributed by atoms with Crippen LogP contribution in [0, 0.1) is 0 Å². The minimum absolute atomic E-state index is 0.220. The zero-order valence-corrected chi connectivity index (χ0v) is 5.11. The van der Waals surface area contributed by atoms with E-state index in [2.05, 4.69) is 0 Å². The molecule has 1 rings (SSSR count). The summed E-state index contributed by atoms with van der Waals surface area (Å²) in [6.07, 6.45) is -1.41. The Morgan fingerprint density at radius 3 is 2.44 bits per heavy atom. The lowest BCUT2D eigenvalue weighted by molar-refractivity contribution is -0.0376. The first-order valence-corrected chi connectivity index (χ1v) is 2.80. The fourth-order valence-corrected chi connectivity index (χ4v) is 0.842. The minimum atomic E-state index is -0.951. The second-order valence-corrected chi connectivity index (χ2v) is 2.24. The minimum Gasteiger partial charge on any atom is -0.465 e. The predicted octanol–water partition coefficient (Wildman–Crippen LogP) is -0.271. The highest BCUT2D eigenvalue weighted by Gasteiger charge is 2.36. The molecule has 2 atom stereocenters. The normalized spacial score (nSPS) is 33.8. The summed E-state index contributed by atoms with van der Waals surface area (Å²) < 4.78 is 0. The highest BCUT2D eigenvalue weighted by Crippen LogP contribution is 2.16. The van der Waals surface area contributed by atoms with Crippen molar-refractivity contribution in [1.29, 1.82) is 0 Å². The monoisotopic (exact) mass is 131 g/mol. The first-order valence-electron chi connectivity index (χ1n) is 2.80. The van der Waals surface area contributed by atoms with E-state index in [0.29, 0.717) is 0 Å². The number of carbonyl (C=O) groups is 1. The summed E-state index contributed by atoms with van der Waals surface area (Å²) in [7, 11) is 0. The van der Waals surface area contributed by atoms with Gasteiger partial charge in [0.15, 0.2) is 0 Å². The van der Waals surface area contributed by atoms with Crippen molar-refractivity contribution in [3.8, 4) is 0 Å². The summed E-state index contributed by atoms with van der Waals surface area (Å²) in [6, 6.07) is -0.220. The number of likely N-dealkylation sites (tertiary alicyclic amines) is 1. The van der Waals surface area contributed by atoms with Crippen molar-refractivity contribution in [2.24, 2.45) is 0 Å². The highest BCUT2D eigenvalue weighted by molar-refractivity contribution is 5.66. The van der Waals surface area contributed by atoms with Gasteiger partial charge < -0.3 is 15.1 Å². The lowest BCUT2D eigenvalue weighted by Gasteiger charge is -2.40. The molecule has 0 spiro atoms. The number of amides is 1. The molecule has 1 aliphatic heterocycles. The number of aliphatic hydroxyl groups excluding tert-OH is 1. The number of aliphatic hydroxyl groups is 1. The van der Waals surface area contributed by atoms with Crippen LogP contribution in [-0.2, 0) is 0 Å². The van der Waals surface area contributed by atoms with Crippen LogP contribution in [0.3, 0.4) is 0 Å². The van der Waals surface area contributed by atoms with E-state index in [9.17, 15) is 4.79 Å². The van der Waals surface area contributed by atoms with Gasteiger partial charge in [-0.15, -0.1) is 0 Å². The van der Waals surface area contributed by atoms with Crippen LogP contribution in [0.15, 0.2) is 0 Å². The van der Waals surface area contributed by atoms with E-state index in [1.807, 2.05) is 0 Å². The number of nitrogens with zero attached hydrogens (tertiary/aromatic N) is 1. The van der Waals surface area contributed by atoms with Crippen molar-refractivity contribution in [2.45, 2.75) is 19.1 Å². The lowest BCUT2D eigenvalue weighted by Crippen LogP contribution is -2.60. The molecule has 4 nitrogen and oxygen atoms in total.